The molecule has 3 atom stereocenters. The zero-order valence-electron chi connectivity index (χ0n) is 17.6. The van der Waals surface area contributed by atoms with Gasteiger partial charge in [0, 0.05) is 0 Å². The predicted octanol–water partition coefficient (Wildman–Crippen LogP) is 8.69. The molecule has 136 valence electrons. The summed E-state index contributed by atoms with van der Waals surface area (Å²) in [5, 5.41) is 0. The Morgan fingerprint density at radius 2 is 1.36 bits per heavy atom. The summed E-state index contributed by atoms with van der Waals surface area (Å²) >= 11 is 0. The Morgan fingerprint density at radius 1 is 0.909 bits per heavy atom. The van der Waals surface area contributed by atoms with E-state index in [2.05, 4.69) is 54.4 Å². The van der Waals surface area contributed by atoms with Gasteiger partial charge in [0.1, 0.15) is 0 Å². The fourth-order valence-electron chi connectivity index (χ4n) is 2.54. The van der Waals surface area contributed by atoms with Crippen LogP contribution in [0, 0.1) is 17.8 Å². The first-order chi connectivity index (χ1) is 10.5. The topological polar surface area (TPSA) is 0 Å². The van der Waals surface area contributed by atoms with Crippen molar-refractivity contribution in [3.8, 4) is 0 Å². The van der Waals surface area contributed by atoms with Crippen LogP contribution in [0.3, 0.4) is 0 Å². The summed E-state index contributed by atoms with van der Waals surface area (Å²) in [6, 6.07) is 0. The van der Waals surface area contributed by atoms with Crippen molar-refractivity contribution < 1.29 is 0 Å². The van der Waals surface area contributed by atoms with E-state index in [1.807, 2.05) is 27.7 Å². The molecule has 0 fully saturated rings. The average molecular weight is 313 g/mol. The maximum absolute atomic E-state index is 3.99. The zero-order chi connectivity index (χ0) is 18.6. The van der Waals surface area contributed by atoms with E-state index < -0.39 is 0 Å². The van der Waals surface area contributed by atoms with Crippen LogP contribution in [0.15, 0.2) is 25.3 Å². The lowest BCUT2D eigenvalue weighted by atomic mass is 9.78. The Labute approximate surface area is 144 Å². The van der Waals surface area contributed by atoms with Crippen molar-refractivity contribution in [1.29, 1.82) is 0 Å². The second kappa shape index (κ2) is 25.4. The molecule has 0 radical (unpaired) electrons. The Balaban J connectivity index is -0.000000238. The van der Waals surface area contributed by atoms with Gasteiger partial charge >= 0.3 is 0 Å². The maximum Gasteiger partial charge on any atom is -0.0326 e. The monoisotopic (exact) mass is 312 g/mol. The lowest BCUT2D eigenvalue weighted by Crippen LogP contribution is -2.18. The first-order valence-electron chi connectivity index (χ1n) is 9.67. The molecule has 0 N–H and O–H groups in total. The van der Waals surface area contributed by atoms with Gasteiger partial charge in [0.25, 0.3) is 0 Å². The standard InChI is InChI=1S/C16H32.2C2H6.C2H4/c1-7-10-16(12-9-11-13(3)4)15(6)14(5)8-2;3*1-2/h14-16H,3,7-12H2,1-2,4-6H3;2*1-2H3;1-2H2. The van der Waals surface area contributed by atoms with Gasteiger partial charge in [-0.3, -0.25) is 0 Å². The van der Waals surface area contributed by atoms with Gasteiger partial charge in [0.2, 0.25) is 0 Å². The quantitative estimate of drug-likeness (QED) is 0.373. The third-order valence-corrected chi connectivity index (χ3v) is 4.12. The number of hydrogen-bond donors (Lipinski definition) is 0. The van der Waals surface area contributed by atoms with E-state index in [4.69, 9.17) is 0 Å². The van der Waals surface area contributed by atoms with Gasteiger partial charge in [-0.25, -0.2) is 0 Å². The van der Waals surface area contributed by atoms with Crippen LogP contribution in [-0.4, -0.2) is 0 Å². The van der Waals surface area contributed by atoms with E-state index in [0.717, 1.165) is 17.8 Å². The number of hydrogen-bond acceptors (Lipinski definition) is 0. The van der Waals surface area contributed by atoms with Crippen molar-refractivity contribution in [2.24, 2.45) is 17.8 Å². The second-order valence-electron chi connectivity index (χ2n) is 5.64. The molecule has 0 aliphatic heterocycles. The molecule has 0 aromatic rings. The largest absolute Gasteiger partial charge is 0.106 e. The predicted molar refractivity (Wildman–Crippen MR) is 110 cm³/mol. The maximum atomic E-state index is 3.99. The average Bonchev–Trinajstić information content (AvgIpc) is 2.57. The Hall–Kier alpha value is -0.520. The minimum Gasteiger partial charge on any atom is -0.106 e. The summed E-state index contributed by atoms with van der Waals surface area (Å²) in [6.07, 6.45) is 8.00. The minimum absolute atomic E-state index is 0.876. The molecule has 0 aliphatic rings. The van der Waals surface area contributed by atoms with E-state index in [9.17, 15) is 0 Å². The van der Waals surface area contributed by atoms with Crippen LogP contribution in [-0.2, 0) is 0 Å². The molecular formula is C22H48. The second-order valence-corrected chi connectivity index (χ2v) is 5.64. The molecule has 0 saturated heterocycles. The molecule has 0 rings (SSSR count). The van der Waals surface area contributed by atoms with Crippen LogP contribution in [0.1, 0.15) is 101 Å². The van der Waals surface area contributed by atoms with Crippen LogP contribution >= 0.6 is 0 Å². The molecule has 0 spiro atoms. The summed E-state index contributed by atoms with van der Waals surface area (Å²) in [4.78, 5) is 0. The molecule has 0 bridgehead atoms. The highest BCUT2D eigenvalue weighted by Gasteiger charge is 2.20. The van der Waals surface area contributed by atoms with Crippen molar-refractivity contribution in [3.63, 3.8) is 0 Å². The normalized spacial score (nSPS) is 13.0. The highest BCUT2D eigenvalue weighted by Crippen LogP contribution is 2.31. The third-order valence-electron chi connectivity index (χ3n) is 4.12. The van der Waals surface area contributed by atoms with Crippen molar-refractivity contribution in [1.82, 2.24) is 0 Å². The molecule has 22 heavy (non-hydrogen) atoms. The summed E-state index contributed by atoms with van der Waals surface area (Å²) in [6.45, 7) is 29.6. The Morgan fingerprint density at radius 3 is 1.68 bits per heavy atom. The summed E-state index contributed by atoms with van der Waals surface area (Å²) in [5.74, 6) is 2.69. The van der Waals surface area contributed by atoms with Gasteiger partial charge in [-0.05, 0) is 43.9 Å². The van der Waals surface area contributed by atoms with Crippen LogP contribution in [0.25, 0.3) is 0 Å². The van der Waals surface area contributed by atoms with Crippen LogP contribution < -0.4 is 0 Å². The fourth-order valence-corrected chi connectivity index (χ4v) is 2.54. The van der Waals surface area contributed by atoms with Gasteiger partial charge in [-0.1, -0.05) is 80.2 Å². The van der Waals surface area contributed by atoms with Gasteiger partial charge in [0.15, 0.2) is 0 Å². The summed E-state index contributed by atoms with van der Waals surface area (Å²) in [7, 11) is 0. The molecule has 0 heterocycles. The molecule has 0 aromatic carbocycles. The summed E-state index contributed by atoms with van der Waals surface area (Å²) in [5.41, 5.74) is 1.34. The van der Waals surface area contributed by atoms with Crippen LogP contribution in [0.2, 0.25) is 0 Å². The van der Waals surface area contributed by atoms with E-state index >= 15 is 0 Å². The molecule has 0 heteroatoms. The molecule has 0 amide bonds. The number of rotatable bonds is 9. The smallest absolute Gasteiger partial charge is 0.0326 e. The van der Waals surface area contributed by atoms with E-state index in [1.54, 1.807) is 0 Å². The SMILES string of the molecule is C=C.C=C(C)CCCC(CCC)C(C)C(C)CC.CC.CC. The fraction of sp³-hybridized carbons (Fsp3) is 0.818. The Bertz CT molecular complexity index is 192. The lowest BCUT2D eigenvalue weighted by Gasteiger charge is -2.28. The number of allylic oxidation sites excluding steroid dienone is 1. The van der Waals surface area contributed by atoms with E-state index in [0.29, 0.717) is 0 Å². The van der Waals surface area contributed by atoms with Gasteiger partial charge < -0.3 is 0 Å². The zero-order valence-corrected chi connectivity index (χ0v) is 17.6. The molecule has 3 unspecified atom stereocenters. The van der Waals surface area contributed by atoms with Crippen LogP contribution in [0.4, 0.5) is 0 Å². The molecule has 0 aromatic heterocycles. The van der Waals surface area contributed by atoms with E-state index in [1.165, 1.54) is 44.1 Å². The first-order valence-corrected chi connectivity index (χ1v) is 9.67. The molecule has 0 aliphatic carbocycles. The molecular weight excluding hydrogens is 264 g/mol. The van der Waals surface area contributed by atoms with Crippen molar-refractivity contribution >= 4 is 0 Å². The minimum atomic E-state index is 0.876. The Kier molecular flexibility index (Phi) is 34.1. The van der Waals surface area contributed by atoms with Crippen molar-refractivity contribution in [2.75, 3.05) is 0 Å². The molecule has 0 nitrogen and oxygen atoms in total. The van der Waals surface area contributed by atoms with Crippen molar-refractivity contribution in [3.05, 3.63) is 25.3 Å². The highest BCUT2D eigenvalue weighted by molar-refractivity contribution is 4.87. The van der Waals surface area contributed by atoms with Gasteiger partial charge in [-0.2, -0.15) is 0 Å². The lowest BCUT2D eigenvalue weighted by molar-refractivity contribution is 0.225. The summed E-state index contributed by atoms with van der Waals surface area (Å²) < 4.78 is 0. The van der Waals surface area contributed by atoms with Crippen molar-refractivity contribution in [2.45, 2.75) is 101 Å². The highest BCUT2D eigenvalue weighted by atomic mass is 14.3. The first kappa shape index (κ1) is 29.5. The van der Waals surface area contributed by atoms with Crippen LogP contribution in [0.5, 0.6) is 0 Å². The van der Waals surface area contributed by atoms with Gasteiger partial charge in [0.05, 0.1) is 0 Å². The third kappa shape index (κ3) is 19.5. The van der Waals surface area contributed by atoms with E-state index in [-0.39, 0.29) is 0 Å². The molecule has 0 saturated carbocycles. The van der Waals surface area contributed by atoms with Gasteiger partial charge in [-0.15, -0.1) is 19.7 Å².